The predicted molar refractivity (Wildman–Crippen MR) is 124 cm³/mol. The molecule has 2 N–H and O–H groups in total. The van der Waals surface area contributed by atoms with Gasteiger partial charge in [-0.2, -0.15) is 8.78 Å². The summed E-state index contributed by atoms with van der Waals surface area (Å²) >= 11 is 0. The first-order valence-corrected chi connectivity index (χ1v) is 9.25. The number of para-hydroxylation sites is 1. The molecule has 0 amide bonds. The Bertz CT molecular complexity index is 835. The molecule has 0 aliphatic rings. The van der Waals surface area contributed by atoms with E-state index in [1.54, 1.807) is 39.3 Å². The van der Waals surface area contributed by atoms with E-state index < -0.39 is 6.61 Å². The molecule has 0 aromatic heterocycles. The molecule has 0 unspecified atom stereocenters. The van der Waals surface area contributed by atoms with Crippen molar-refractivity contribution in [2.45, 2.75) is 33.5 Å². The fourth-order valence-corrected chi connectivity index (χ4v) is 2.82. The molecule has 9 heteroatoms. The van der Waals surface area contributed by atoms with Crippen LogP contribution >= 0.6 is 24.0 Å². The molecule has 0 bridgehead atoms. The van der Waals surface area contributed by atoms with E-state index >= 15 is 0 Å². The van der Waals surface area contributed by atoms with Gasteiger partial charge in [0.05, 0.1) is 13.7 Å². The zero-order valence-corrected chi connectivity index (χ0v) is 19.8. The highest BCUT2D eigenvalue weighted by molar-refractivity contribution is 14.0. The standard InChI is InChI=1S/C21H27F2N3O3.HI/c1-5-28-18-8-6-7-16(19(18)29-20(22)23)13-26-21(24-3)25-12-15-9-14(2)10-17(11-15)27-4;/h6-11,20H,5,12-13H2,1-4H3,(H2,24,25,26);1H. The van der Waals surface area contributed by atoms with E-state index in [0.717, 1.165) is 16.9 Å². The average Bonchev–Trinajstić information content (AvgIpc) is 2.69. The summed E-state index contributed by atoms with van der Waals surface area (Å²) in [6.45, 7) is 1.94. The molecule has 0 saturated carbocycles. The number of ether oxygens (including phenoxy) is 3. The van der Waals surface area contributed by atoms with Gasteiger partial charge in [0.15, 0.2) is 17.5 Å². The van der Waals surface area contributed by atoms with Crippen molar-refractivity contribution in [2.75, 3.05) is 20.8 Å². The second kappa shape index (κ2) is 13.1. The number of aliphatic imine (C=N–C) groups is 1. The molecular formula is C21H28F2IN3O3. The molecule has 0 spiro atoms. The highest BCUT2D eigenvalue weighted by Gasteiger charge is 2.16. The predicted octanol–water partition coefficient (Wildman–Crippen LogP) is 4.49. The SMILES string of the molecule is CCOc1cccc(CNC(=NC)NCc2cc(C)cc(OC)c2)c1OC(F)F.I. The van der Waals surface area contributed by atoms with Crippen molar-refractivity contribution in [3.63, 3.8) is 0 Å². The normalized spacial score (nSPS) is 11.0. The number of guanidine groups is 1. The Labute approximate surface area is 193 Å². The molecule has 0 fully saturated rings. The molecule has 0 saturated heterocycles. The lowest BCUT2D eigenvalue weighted by molar-refractivity contribution is -0.0520. The van der Waals surface area contributed by atoms with Gasteiger partial charge in [-0.25, -0.2) is 0 Å². The van der Waals surface area contributed by atoms with Crippen LogP contribution in [0, 0.1) is 6.92 Å². The van der Waals surface area contributed by atoms with Gasteiger partial charge in [-0.1, -0.05) is 18.2 Å². The summed E-state index contributed by atoms with van der Waals surface area (Å²) in [6, 6.07) is 11.0. The average molecular weight is 535 g/mol. The lowest BCUT2D eigenvalue weighted by atomic mass is 10.1. The highest BCUT2D eigenvalue weighted by Crippen LogP contribution is 2.32. The number of hydrogen-bond acceptors (Lipinski definition) is 4. The maximum atomic E-state index is 12.8. The molecule has 0 aliphatic heterocycles. The zero-order chi connectivity index (χ0) is 21.2. The van der Waals surface area contributed by atoms with Crippen LogP contribution in [0.2, 0.25) is 0 Å². The van der Waals surface area contributed by atoms with Gasteiger partial charge >= 0.3 is 6.61 Å². The quantitative estimate of drug-likeness (QED) is 0.282. The number of rotatable bonds is 9. The molecule has 30 heavy (non-hydrogen) atoms. The first-order valence-electron chi connectivity index (χ1n) is 9.25. The van der Waals surface area contributed by atoms with Gasteiger partial charge in [0.25, 0.3) is 0 Å². The van der Waals surface area contributed by atoms with Crippen LogP contribution in [-0.4, -0.2) is 33.3 Å². The second-order valence-corrected chi connectivity index (χ2v) is 6.19. The van der Waals surface area contributed by atoms with Crippen molar-refractivity contribution < 1.29 is 23.0 Å². The van der Waals surface area contributed by atoms with Crippen LogP contribution in [0.15, 0.2) is 41.4 Å². The maximum Gasteiger partial charge on any atom is 0.387 e. The summed E-state index contributed by atoms with van der Waals surface area (Å²) in [5.41, 5.74) is 2.66. The monoisotopic (exact) mass is 535 g/mol. The van der Waals surface area contributed by atoms with Gasteiger partial charge in [0, 0.05) is 25.7 Å². The molecule has 0 atom stereocenters. The number of halogens is 3. The van der Waals surface area contributed by atoms with Gasteiger partial charge < -0.3 is 24.8 Å². The van der Waals surface area contributed by atoms with Gasteiger partial charge in [-0.3, -0.25) is 4.99 Å². The van der Waals surface area contributed by atoms with Crippen LogP contribution in [-0.2, 0) is 13.1 Å². The van der Waals surface area contributed by atoms with Gasteiger partial charge in [-0.05, 0) is 43.2 Å². The first-order chi connectivity index (χ1) is 14.0. The summed E-state index contributed by atoms with van der Waals surface area (Å²) in [5.74, 6) is 1.61. The summed E-state index contributed by atoms with van der Waals surface area (Å²) < 4.78 is 41.1. The van der Waals surface area contributed by atoms with Crippen molar-refractivity contribution in [3.8, 4) is 17.2 Å². The molecule has 2 rings (SSSR count). The number of alkyl halides is 2. The third-order valence-corrected chi connectivity index (χ3v) is 4.04. The van der Waals surface area contributed by atoms with Crippen molar-refractivity contribution in [1.29, 1.82) is 0 Å². The highest BCUT2D eigenvalue weighted by atomic mass is 127. The van der Waals surface area contributed by atoms with Gasteiger partial charge in [0.2, 0.25) is 0 Å². The molecular weight excluding hydrogens is 507 g/mol. The van der Waals surface area contributed by atoms with Crippen LogP contribution < -0.4 is 24.8 Å². The van der Waals surface area contributed by atoms with Crippen molar-refractivity contribution in [3.05, 3.63) is 53.1 Å². The van der Waals surface area contributed by atoms with Crippen LogP contribution in [0.3, 0.4) is 0 Å². The number of aryl methyl sites for hydroxylation is 1. The second-order valence-electron chi connectivity index (χ2n) is 6.19. The summed E-state index contributed by atoms with van der Waals surface area (Å²) in [7, 11) is 3.27. The molecule has 0 radical (unpaired) electrons. The van der Waals surface area contributed by atoms with E-state index in [0.29, 0.717) is 24.7 Å². The summed E-state index contributed by atoms with van der Waals surface area (Å²) in [5, 5.41) is 6.31. The van der Waals surface area contributed by atoms with E-state index in [9.17, 15) is 8.78 Å². The van der Waals surface area contributed by atoms with Gasteiger partial charge in [-0.15, -0.1) is 24.0 Å². The Balaban J connectivity index is 0.00000450. The molecule has 2 aromatic carbocycles. The minimum atomic E-state index is -2.94. The minimum Gasteiger partial charge on any atom is -0.497 e. The lowest BCUT2D eigenvalue weighted by Crippen LogP contribution is -2.36. The third-order valence-electron chi connectivity index (χ3n) is 4.04. The fourth-order valence-electron chi connectivity index (χ4n) is 2.82. The Kier molecular flexibility index (Phi) is 11.2. The largest absolute Gasteiger partial charge is 0.497 e. The molecule has 2 aromatic rings. The lowest BCUT2D eigenvalue weighted by Gasteiger charge is -2.17. The number of benzene rings is 2. The van der Waals surface area contributed by atoms with Crippen molar-refractivity contribution in [2.24, 2.45) is 4.99 Å². The van der Waals surface area contributed by atoms with E-state index in [4.69, 9.17) is 14.2 Å². The molecule has 6 nitrogen and oxygen atoms in total. The third kappa shape index (κ3) is 7.85. The van der Waals surface area contributed by atoms with Crippen LogP contribution in [0.4, 0.5) is 8.78 Å². The Morgan fingerprint density at radius 2 is 1.87 bits per heavy atom. The first kappa shape index (κ1) is 25.7. The van der Waals surface area contributed by atoms with Crippen LogP contribution in [0.25, 0.3) is 0 Å². The minimum absolute atomic E-state index is 0. The Morgan fingerprint density at radius 3 is 2.50 bits per heavy atom. The van der Waals surface area contributed by atoms with E-state index in [1.165, 1.54) is 0 Å². The van der Waals surface area contributed by atoms with E-state index in [1.807, 2.05) is 25.1 Å². The molecule has 166 valence electrons. The van der Waals surface area contributed by atoms with Crippen LogP contribution in [0.5, 0.6) is 17.2 Å². The van der Waals surface area contributed by atoms with E-state index in [2.05, 4.69) is 15.6 Å². The maximum absolute atomic E-state index is 12.8. The number of hydrogen-bond donors (Lipinski definition) is 2. The number of nitrogens with zero attached hydrogens (tertiary/aromatic N) is 1. The Morgan fingerprint density at radius 1 is 1.13 bits per heavy atom. The summed E-state index contributed by atoms with van der Waals surface area (Å²) in [6.07, 6.45) is 0. The Hall–Kier alpha value is -2.30. The smallest absolute Gasteiger partial charge is 0.387 e. The number of nitrogens with one attached hydrogen (secondary N) is 2. The van der Waals surface area contributed by atoms with E-state index in [-0.39, 0.29) is 42.0 Å². The molecule has 0 heterocycles. The zero-order valence-electron chi connectivity index (χ0n) is 17.5. The van der Waals surface area contributed by atoms with Crippen molar-refractivity contribution >= 4 is 29.9 Å². The van der Waals surface area contributed by atoms with Crippen molar-refractivity contribution in [1.82, 2.24) is 10.6 Å². The number of methoxy groups -OCH3 is 1. The van der Waals surface area contributed by atoms with Gasteiger partial charge in [0.1, 0.15) is 5.75 Å². The fraction of sp³-hybridized carbons (Fsp3) is 0.381. The van der Waals surface area contributed by atoms with Crippen LogP contribution in [0.1, 0.15) is 23.6 Å². The summed E-state index contributed by atoms with van der Waals surface area (Å²) in [4.78, 5) is 4.18. The topological polar surface area (TPSA) is 64.1 Å². The molecule has 0 aliphatic carbocycles.